The van der Waals surface area contributed by atoms with Crippen LogP contribution in [0.5, 0.6) is 0 Å². The standard InChI is InChI=1S/C15H22N2O3/c1-12-15(19,7-8-20-12)11-16-10-14(18)17-9-13-5-3-2-4-6-13/h2-6,12,16,19H,7-11H2,1H3,(H,17,18). The molecule has 1 aromatic rings. The molecule has 1 fully saturated rings. The van der Waals surface area contributed by atoms with Gasteiger partial charge in [0.15, 0.2) is 0 Å². The van der Waals surface area contributed by atoms with Crippen molar-refractivity contribution in [2.45, 2.75) is 31.6 Å². The summed E-state index contributed by atoms with van der Waals surface area (Å²) in [4.78, 5) is 11.7. The van der Waals surface area contributed by atoms with E-state index in [-0.39, 0.29) is 18.6 Å². The van der Waals surface area contributed by atoms with Crippen LogP contribution in [0.15, 0.2) is 30.3 Å². The lowest BCUT2D eigenvalue weighted by Gasteiger charge is -2.26. The fraction of sp³-hybridized carbons (Fsp3) is 0.533. The third-order valence-electron chi connectivity index (χ3n) is 3.71. The van der Waals surface area contributed by atoms with Crippen LogP contribution in [0.1, 0.15) is 18.9 Å². The topological polar surface area (TPSA) is 70.6 Å². The molecule has 3 N–H and O–H groups in total. The van der Waals surface area contributed by atoms with Gasteiger partial charge in [-0.15, -0.1) is 0 Å². The van der Waals surface area contributed by atoms with Crippen molar-refractivity contribution in [1.29, 1.82) is 0 Å². The van der Waals surface area contributed by atoms with E-state index in [0.717, 1.165) is 5.56 Å². The molecule has 2 unspecified atom stereocenters. The second kappa shape index (κ2) is 6.83. The Morgan fingerprint density at radius 2 is 2.20 bits per heavy atom. The van der Waals surface area contributed by atoms with Crippen molar-refractivity contribution in [3.05, 3.63) is 35.9 Å². The summed E-state index contributed by atoms with van der Waals surface area (Å²) in [5, 5.41) is 16.1. The highest BCUT2D eigenvalue weighted by Crippen LogP contribution is 2.24. The Bertz CT molecular complexity index is 438. The Labute approximate surface area is 119 Å². The minimum atomic E-state index is -0.861. The molecule has 0 radical (unpaired) electrons. The van der Waals surface area contributed by atoms with E-state index in [9.17, 15) is 9.90 Å². The molecule has 20 heavy (non-hydrogen) atoms. The summed E-state index contributed by atoms with van der Waals surface area (Å²) in [6.45, 7) is 3.50. The minimum Gasteiger partial charge on any atom is -0.386 e. The van der Waals surface area contributed by atoms with Gasteiger partial charge in [-0.25, -0.2) is 0 Å². The molecule has 0 aromatic heterocycles. The Morgan fingerprint density at radius 3 is 2.85 bits per heavy atom. The molecule has 110 valence electrons. The largest absolute Gasteiger partial charge is 0.386 e. The number of aliphatic hydroxyl groups is 1. The third-order valence-corrected chi connectivity index (χ3v) is 3.71. The Morgan fingerprint density at radius 1 is 1.45 bits per heavy atom. The lowest BCUT2D eigenvalue weighted by molar-refractivity contribution is -0.120. The van der Waals surface area contributed by atoms with Gasteiger partial charge in [0.05, 0.1) is 12.6 Å². The molecule has 5 heteroatoms. The van der Waals surface area contributed by atoms with Crippen LogP contribution in [0.25, 0.3) is 0 Å². The van der Waals surface area contributed by atoms with Crippen molar-refractivity contribution in [3.63, 3.8) is 0 Å². The first-order chi connectivity index (χ1) is 9.60. The predicted molar refractivity (Wildman–Crippen MR) is 76.1 cm³/mol. The van der Waals surface area contributed by atoms with Crippen LogP contribution in [-0.2, 0) is 16.1 Å². The highest BCUT2D eigenvalue weighted by molar-refractivity contribution is 5.77. The maximum atomic E-state index is 11.7. The molecular formula is C15H22N2O3. The molecule has 1 aliphatic heterocycles. The molecule has 1 amide bonds. The van der Waals surface area contributed by atoms with Gasteiger partial charge in [0.25, 0.3) is 0 Å². The van der Waals surface area contributed by atoms with E-state index in [1.165, 1.54) is 0 Å². The monoisotopic (exact) mass is 278 g/mol. The summed E-state index contributed by atoms with van der Waals surface area (Å²) in [6, 6.07) is 9.76. The molecule has 1 aromatic carbocycles. The van der Waals surface area contributed by atoms with E-state index in [4.69, 9.17) is 4.74 Å². The van der Waals surface area contributed by atoms with Crippen LogP contribution < -0.4 is 10.6 Å². The zero-order valence-corrected chi connectivity index (χ0v) is 11.8. The summed E-state index contributed by atoms with van der Waals surface area (Å²) in [6.07, 6.45) is 0.412. The van der Waals surface area contributed by atoms with Gasteiger partial charge < -0.3 is 20.5 Å². The fourth-order valence-corrected chi connectivity index (χ4v) is 2.25. The van der Waals surface area contributed by atoms with Crippen LogP contribution in [0.3, 0.4) is 0 Å². The molecular weight excluding hydrogens is 256 g/mol. The first-order valence-electron chi connectivity index (χ1n) is 6.95. The SMILES string of the molecule is CC1OCCC1(O)CNCC(=O)NCc1ccccc1. The molecule has 0 spiro atoms. The van der Waals surface area contributed by atoms with Gasteiger partial charge in [-0.2, -0.15) is 0 Å². The number of hydrogen-bond acceptors (Lipinski definition) is 4. The number of amides is 1. The molecule has 2 rings (SSSR count). The lowest BCUT2D eigenvalue weighted by atomic mass is 9.97. The zero-order valence-electron chi connectivity index (χ0n) is 11.8. The van der Waals surface area contributed by atoms with E-state index in [1.807, 2.05) is 37.3 Å². The molecule has 0 bridgehead atoms. The van der Waals surface area contributed by atoms with Crippen molar-refractivity contribution < 1.29 is 14.6 Å². The summed E-state index contributed by atoms with van der Waals surface area (Å²) in [5.41, 5.74) is 0.206. The van der Waals surface area contributed by atoms with E-state index < -0.39 is 5.60 Å². The third kappa shape index (κ3) is 4.03. The summed E-state index contributed by atoms with van der Waals surface area (Å²) >= 11 is 0. The van der Waals surface area contributed by atoms with E-state index in [2.05, 4.69) is 10.6 Å². The minimum absolute atomic E-state index is 0.0796. The average Bonchev–Trinajstić information content (AvgIpc) is 2.78. The van der Waals surface area contributed by atoms with E-state index in [0.29, 0.717) is 26.1 Å². The molecule has 0 saturated carbocycles. The predicted octanol–water partition coefficient (Wildman–Crippen LogP) is 0.432. The van der Waals surface area contributed by atoms with Crippen molar-refractivity contribution >= 4 is 5.91 Å². The number of benzene rings is 1. The second-order valence-corrected chi connectivity index (χ2v) is 5.23. The van der Waals surface area contributed by atoms with Gasteiger partial charge in [0.2, 0.25) is 5.91 Å². The lowest BCUT2D eigenvalue weighted by Crippen LogP contribution is -2.48. The first kappa shape index (κ1) is 15.0. The van der Waals surface area contributed by atoms with Crippen LogP contribution in [0, 0.1) is 0 Å². The van der Waals surface area contributed by atoms with Crippen LogP contribution in [0.2, 0.25) is 0 Å². The zero-order chi connectivity index (χ0) is 14.4. The number of nitrogens with one attached hydrogen (secondary N) is 2. The highest BCUT2D eigenvalue weighted by Gasteiger charge is 2.39. The van der Waals surface area contributed by atoms with Crippen LogP contribution >= 0.6 is 0 Å². The second-order valence-electron chi connectivity index (χ2n) is 5.23. The van der Waals surface area contributed by atoms with Crippen molar-refractivity contribution in [1.82, 2.24) is 10.6 Å². The quantitative estimate of drug-likeness (QED) is 0.706. The van der Waals surface area contributed by atoms with Gasteiger partial charge in [0, 0.05) is 26.1 Å². The van der Waals surface area contributed by atoms with Gasteiger partial charge in [0.1, 0.15) is 5.60 Å². The number of carbonyl (C=O) groups excluding carboxylic acids is 1. The first-order valence-corrected chi connectivity index (χ1v) is 6.95. The molecule has 5 nitrogen and oxygen atoms in total. The number of hydrogen-bond donors (Lipinski definition) is 3. The van der Waals surface area contributed by atoms with Gasteiger partial charge in [-0.1, -0.05) is 30.3 Å². The number of carbonyl (C=O) groups is 1. The Hall–Kier alpha value is -1.43. The average molecular weight is 278 g/mol. The van der Waals surface area contributed by atoms with Gasteiger partial charge in [-0.3, -0.25) is 4.79 Å². The smallest absolute Gasteiger partial charge is 0.234 e. The maximum absolute atomic E-state index is 11.7. The summed E-state index contributed by atoms with van der Waals surface area (Å²) < 4.78 is 5.34. The molecule has 0 aliphatic carbocycles. The number of ether oxygens (including phenoxy) is 1. The fourth-order valence-electron chi connectivity index (χ4n) is 2.25. The van der Waals surface area contributed by atoms with Crippen LogP contribution in [-0.4, -0.2) is 42.4 Å². The molecule has 1 aliphatic rings. The molecule has 2 atom stereocenters. The van der Waals surface area contributed by atoms with E-state index in [1.54, 1.807) is 0 Å². The van der Waals surface area contributed by atoms with Crippen molar-refractivity contribution in [2.24, 2.45) is 0 Å². The summed E-state index contributed by atoms with van der Waals surface area (Å²) in [5.74, 6) is -0.0796. The van der Waals surface area contributed by atoms with Gasteiger partial charge >= 0.3 is 0 Å². The normalized spacial score (nSPS) is 25.6. The maximum Gasteiger partial charge on any atom is 0.234 e. The molecule has 1 heterocycles. The summed E-state index contributed by atoms with van der Waals surface area (Å²) in [7, 11) is 0. The number of rotatable bonds is 6. The van der Waals surface area contributed by atoms with Crippen molar-refractivity contribution in [2.75, 3.05) is 19.7 Å². The van der Waals surface area contributed by atoms with Gasteiger partial charge in [-0.05, 0) is 12.5 Å². The Kier molecular flexibility index (Phi) is 5.11. The highest BCUT2D eigenvalue weighted by atomic mass is 16.5. The van der Waals surface area contributed by atoms with E-state index >= 15 is 0 Å². The van der Waals surface area contributed by atoms with Crippen LogP contribution in [0.4, 0.5) is 0 Å². The van der Waals surface area contributed by atoms with Crippen molar-refractivity contribution in [3.8, 4) is 0 Å². The molecule has 1 saturated heterocycles. The Balaban J connectivity index is 1.65.